The van der Waals surface area contributed by atoms with E-state index < -0.39 is 16.0 Å². The van der Waals surface area contributed by atoms with E-state index in [0.29, 0.717) is 37.6 Å². The Morgan fingerprint density at radius 2 is 1.79 bits per heavy atom. The minimum absolute atomic E-state index is 0.0777. The Hall–Kier alpha value is -2.62. The zero-order chi connectivity index (χ0) is 20.9. The molecule has 1 heterocycles. The monoisotopic (exact) mass is 421 g/mol. The van der Waals surface area contributed by atoms with Gasteiger partial charge in [-0.3, -0.25) is 0 Å². The van der Waals surface area contributed by atoms with Gasteiger partial charge in [-0.15, -0.1) is 0 Å². The molecule has 8 nitrogen and oxygen atoms in total. The molecule has 1 aliphatic heterocycles. The van der Waals surface area contributed by atoms with Gasteiger partial charge in [0.25, 0.3) is 0 Å². The Labute approximate surface area is 170 Å². The number of benzene rings is 2. The molecule has 0 bridgehead atoms. The average molecular weight is 421 g/mol. The molecule has 2 aromatic carbocycles. The maximum Gasteiger partial charge on any atom is 0.342 e. The number of nitrogens with zero attached hydrogens (tertiary/aromatic N) is 1. The van der Waals surface area contributed by atoms with Gasteiger partial charge in [-0.25, -0.2) is 13.2 Å². The number of morpholine rings is 1. The number of hydrogen-bond acceptors (Lipinski definition) is 7. The van der Waals surface area contributed by atoms with Crippen LogP contribution in [0.3, 0.4) is 0 Å². The molecule has 0 saturated carbocycles. The second kappa shape index (κ2) is 9.25. The third kappa shape index (κ3) is 4.69. The standard InChI is InChI=1S/C20H23NO7S/c1-25-18-8-4-7-17(19(18)26-2)20(22)28-14-15-5-3-6-16(13-15)29(23,24)21-9-11-27-12-10-21/h3-8,13H,9-12,14H2,1-2H3. The van der Waals surface area contributed by atoms with E-state index in [0.717, 1.165) is 0 Å². The zero-order valence-corrected chi connectivity index (χ0v) is 17.1. The van der Waals surface area contributed by atoms with Gasteiger partial charge in [0.15, 0.2) is 11.5 Å². The molecule has 0 aliphatic carbocycles. The molecule has 156 valence electrons. The molecular weight excluding hydrogens is 398 g/mol. The number of methoxy groups -OCH3 is 2. The van der Waals surface area contributed by atoms with Crippen LogP contribution in [-0.2, 0) is 26.1 Å². The summed E-state index contributed by atoms with van der Waals surface area (Å²) in [7, 11) is -0.700. The maximum absolute atomic E-state index is 12.8. The summed E-state index contributed by atoms with van der Waals surface area (Å²) in [4.78, 5) is 12.7. The molecule has 1 saturated heterocycles. The molecule has 0 amide bonds. The number of hydrogen-bond donors (Lipinski definition) is 0. The van der Waals surface area contributed by atoms with Gasteiger partial charge in [-0.2, -0.15) is 4.31 Å². The smallest absolute Gasteiger partial charge is 0.342 e. The third-order valence-corrected chi connectivity index (χ3v) is 6.39. The SMILES string of the molecule is COc1cccc(C(=O)OCc2cccc(S(=O)(=O)N3CCOCC3)c2)c1OC. The van der Waals surface area contributed by atoms with Crippen molar-refractivity contribution < 1.29 is 32.2 Å². The fourth-order valence-corrected chi connectivity index (χ4v) is 4.49. The lowest BCUT2D eigenvalue weighted by molar-refractivity contribution is 0.0468. The Balaban J connectivity index is 1.74. The van der Waals surface area contributed by atoms with Gasteiger partial charge in [0.05, 0.1) is 32.3 Å². The van der Waals surface area contributed by atoms with Crippen molar-refractivity contribution in [3.8, 4) is 11.5 Å². The van der Waals surface area contributed by atoms with Crippen molar-refractivity contribution in [2.75, 3.05) is 40.5 Å². The lowest BCUT2D eigenvalue weighted by Gasteiger charge is -2.26. The van der Waals surface area contributed by atoms with E-state index in [9.17, 15) is 13.2 Å². The second-order valence-corrected chi connectivity index (χ2v) is 8.22. The van der Waals surface area contributed by atoms with Crippen molar-refractivity contribution >= 4 is 16.0 Å². The van der Waals surface area contributed by atoms with Crippen LogP contribution in [0.25, 0.3) is 0 Å². The number of para-hydroxylation sites is 1. The van der Waals surface area contributed by atoms with E-state index in [1.807, 2.05) is 0 Å². The lowest BCUT2D eigenvalue weighted by atomic mass is 10.2. The van der Waals surface area contributed by atoms with Crippen molar-refractivity contribution in [2.45, 2.75) is 11.5 Å². The fraction of sp³-hybridized carbons (Fsp3) is 0.350. The molecule has 0 spiro atoms. The van der Waals surface area contributed by atoms with Crippen LogP contribution < -0.4 is 9.47 Å². The van der Waals surface area contributed by atoms with Gasteiger partial charge >= 0.3 is 5.97 Å². The van der Waals surface area contributed by atoms with E-state index in [1.54, 1.807) is 30.3 Å². The molecule has 1 fully saturated rings. The summed E-state index contributed by atoms with van der Waals surface area (Å²) in [6.07, 6.45) is 0. The minimum atomic E-state index is -3.62. The van der Waals surface area contributed by atoms with E-state index in [-0.39, 0.29) is 22.8 Å². The van der Waals surface area contributed by atoms with E-state index in [1.165, 1.54) is 30.7 Å². The normalized spacial score (nSPS) is 15.0. The summed E-state index contributed by atoms with van der Waals surface area (Å²) in [5.41, 5.74) is 0.790. The van der Waals surface area contributed by atoms with Crippen LogP contribution in [0.5, 0.6) is 11.5 Å². The van der Waals surface area contributed by atoms with Gasteiger partial charge in [0.2, 0.25) is 10.0 Å². The topological polar surface area (TPSA) is 91.4 Å². The van der Waals surface area contributed by atoms with Gasteiger partial charge in [-0.1, -0.05) is 18.2 Å². The molecule has 0 atom stereocenters. The summed E-state index contributed by atoms with van der Waals surface area (Å²) in [5, 5.41) is 0. The van der Waals surface area contributed by atoms with Crippen LogP contribution >= 0.6 is 0 Å². The first-order chi connectivity index (χ1) is 14.0. The highest BCUT2D eigenvalue weighted by Crippen LogP contribution is 2.31. The van der Waals surface area contributed by atoms with Gasteiger partial charge < -0.3 is 18.9 Å². The number of sulfonamides is 1. The molecule has 1 aliphatic rings. The molecule has 2 aromatic rings. The Morgan fingerprint density at radius 3 is 2.48 bits per heavy atom. The molecule has 0 N–H and O–H groups in total. The lowest BCUT2D eigenvalue weighted by Crippen LogP contribution is -2.40. The van der Waals surface area contributed by atoms with Gasteiger partial charge in [0, 0.05) is 13.1 Å². The van der Waals surface area contributed by atoms with E-state index >= 15 is 0 Å². The number of rotatable bonds is 7. The predicted octanol–water partition coefficient (Wildman–Crippen LogP) is 2.08. The minimum Gasteiger partial charge on any atom is -0.493 e. The van der Waals surface area contributed by atoms with Gasteiger partial charge in [-0.05, 0) is 29.8 Å². The second-order valence-electron chi connectivity index (χ2n) is 6.28. The zero-order valence-electron chi connectivity index (χ0n) is 16.3. The predicted molar refractivity (Wildman–Crippen MR) is 105 cm³/mol. The highest BCUT2D eigenvalue weighted by atomic mass is 32.2. The average Bonchev–Trinajstić information content (AvgIpc) is 2.77. The molecule has 0 radical (unpaired) electrons. The van der Waals surface area contributed by atoms with Crippen LogP contribution in [0.4, 0.5) is 0 Å². The largest absolute Gasteiger partial charge is 0.493 e. The number of carbonyl (C=O) groups excluding carboxylic acids is 1. The van der Waals surface area contributed by atoms with Crippen LogP contribution in [0.1, 0.15) is 15.9 Å². The Bertz CT molecular complexity index is 969. The summed E-state index contributed by atoms with van der Waals surface area (Å²) in [5.74, 6) is 0.103. The van der Waals surface area contributed by atoms with E-state index in [2.05, 4.69) is 0 Å². The Kier molecular flexibility index (Phi) is 6.73. The molecule has 9 heteroatoms. The van der Waals surface area contributed by atoms with Crippen LogP contribution in [0.2, 0.25) is 0 Å². The first kappa shape index (κ1) is 21.1. The van der Waals surface area contributed by atoms with Crippen LogP contribution in [0.15, 0.2) is 47.4 Å². The van der Waals surface area contributed by atoms with Crippen molar-refractivity contribution in [2.24, 2.45) is 0 Å². The Morgan fingerprint density at radius 1 is 1.07 bits per heavy atom. The highest BCUT2D eigenvalue weighted by molar-refractivity contribution is 7.89. The van der Waals surface area contributed by atoms with Crippen molar-refractivity contribution in [1.29, 1.82) is 0 Å². The maximum atomic E-state index is 12.8. The van der Waals surface area contributed by atoms with Crippen molar-refractivity contribution in [3.63, 3.8) is 0 Å². The van der Waals surface area contributed by atoms with Crippen molar-refractivity contribution in [1.82, 2.24) is 4.31 Å². The number of ether oxygens (including phenoxy) is 4. The molecular formula is C20H23NO7S. The first-order valence-corrected chi connectivity index (χ1v) is 10.5. The summed E-state index contributed by atoms with van der Waals surface area (Å²) in [6, 6.07) is 11.3. The number of esters is 1. The van der Waals surface area contributed by atoms with Crippen LogP contribution in [-0.4, -0.2) is 59.2 Å². The molecule has 3 rings (SSSR count). The first-order valence-electron chi connectivity index (χ1n) is 9.02. The third-order valence-electron chi connectivity index (χ3n) is 4.50. The quantitative estimate of drug-likeness (QED) is 0.632. The summed E-state index contributed by atoms with van der Waals surface area (Å²) < 4.78 is 48.0. The molecule has 0 aromatic heterocycles. The highest BCUT2D eigenvalue weighted by Gasteiger charge is 2.26. The van der Waals surface area contributed by atoms with E-state index in [4.69, 9.17) is 18.9 Å². The summed E-state index contributed by atoms with van der Waals surface area (Å²) in [6.45, 7) is 1.30. The number of carbonyl (C=O) groups is 1. The van der Waals surface area contributed by atoms with Gasteiger partial charge in [0.1, 0.15) is 12.2 Å². The molecule has 29 heavy (non-hydrogen) atoms. The fourth-order valence-electron chi connectivity index (χ4n) is 3.01. The molecule has 0 unspecified atom stereocenters. The summed E-state index contributed by atoms with van der Waals surface area (Å²) >= 11 is 0. The van der Waals surface area contributed by atoms with Crippen LogP contribution in [0, 0.1) is 0 Å². The van der Waals surface area contributed by atoms with Crippen molar-refractivity contribution in [3.05, 3.63) is 53.6 Å².